The van der Waals surface area contributed by atoms with E-state index < -0.39 is 0 Å². The maximum absolute atomic E-state index is 13.9. The molecule has 0 radical (unpaired) electrons. The molecular weight excluding hydrogens is 475 g/mol. The van der Waals surface area contributed by atoms with E-state index in [9.17, 15) is 4.79 Å². The van der Waals surface area contributed by atoms with Gasteiger partial charge in [0.05, 0.1) is 21.3 Å². The minimum absolute atomic E-state index is 0.0520. The summed E-state index contributed by atoms with van der Waals surface area (Å²) in [7, 11) is 0. The first kappa shape index (κ1) is 25.6. The Morgan fingerprint density at radius 1 is 0.943 bits per heavy atom. The fourth-order valence-corrected chi connectivity index (χ4v) is 4.88. The summed E-state index contributed by atoms with van der Waals surface area (Å²) in [5.74, 6) is 0.0520. The van der Waals surface area contributed by atoms with Crippen molar-refractivity contribution < 1.29 is 4.79 Å². The summed E-state index contributed by atoms with van der Waals surface area (Å²) >= 11 is 12.3. The Hall–Kier alpha value is -2.49. The van der Waals surface area contributed by atoms with Crippen molar-refractivity contribution in [3.05, 3.63) is 98.5 Å². The zero-order valence-electron chi connectivity index (χ0n) is 20.8. The zero-order chi connectivity index (χ0) is 25.0. The molecule has 0 aromatic heterocycles. The lowest BCUT2D eigenvalue weighted by atomic mass is 9.87. The van der Waals surface area contributed by atoms with E-state index in [2.05, 4.69) is 56.4 Å². The van der Waals surface area contributed by atoms with Crippen molar-refractivity contribution in [2.75, 3.05) is 18.4 Å². The van der Waals surface area contributed by atoms with Gasteiger partial charge in [-0.1, -0.05) is 86.4 Å². The van der Waals surface area contributed by atoms with Crippen LogP contribution in [0.25, 0.3) is 0 Å². The van der Waals surface area contributed by atoms with Gasteiger partial charge in [-0.3, -0.25) is 4.79 Å². The molecule has 1 aliphatic rings. The first-order valence-corrected chi connectivity index (χ1v) is 13.2. The summed E-state index contributed by atoms with van der Waals surface area (Å²) in [6.45, 7) is 8.67. The average molecular weight is 510 g/mol. The van der Waals surface area contributed by atoms with E-state index in [-0.39, 0.29) is 11.3 Å². The van der Waals surface area contributed by atoms with Crippen molar-refractivity contribution in [2.24, 2.45) is 0 Å². The van der Waals surface area contributed by atoms with Crippen LogP contribution in [0.4, 0.5) is 5.69 Å². The van der Waals surface area contributed by atoms with Crippen LogP contribution in [0.1, 0.15) is 66.2 Å². The molecule has 0 saturated carbocycles. The molecule has 0 bridgehead atoms. The number of amides is 1. The Kier molecular flexibility index (Phi) is 8.09. The third kappa shape index (κ3) is 6.39. The van der Waals surface area contributed by atoms with Crippen LogP contribution in [-0.4, -0.2) is 23.9 Å². The highest BCUT2D eigenvalue weighted by Gasteiger charge is 2.22. The average Bonchev–Trinajstić information content (AvgIpc) is 3.09. The van der Waals surface area contributed by atoms with Gasteiger partial charge in [-0.25, -0.2) is 0 Å². The van der Waals surface area contributed by atoms with Gasteiger partial charge in [0.2, 0.25) is 0 Å². The number of para-hydroxylation sites is 1. The summed E-state index contributed by atoms with van der Waals surface area (Å²) < 4.78 is 0. The quantitative estimate of drug-likeness (QED) is 0.366. The number of nitrogens with one attached hydrogen (secondary N) is 1. The monoisotopic (exact) mass is 508 g/mol. The Balaban J connectivity index is 1.61. The van der Waals surface area contributed by atoms with Crippen LogP contribution in [0.15, 0.2) is 60.7 Å². The SMILES string of the molecule is CC(C)(C)c1ccc(CN(CCc2ccc(Cl)c(Cl)c2)C(=O)c2cccc3c2NCCCC3)cc1. The lowest BCUT2D eigenvalue weighted by Crippen LogP contribution is -2.33. The summed E-state index contributed by atoms with van der Waals surface area (Å²) in [6, 6.07) is 20.4. The Bertz CT molecular complexity index is 1180. The minimum Gasteiger partial charge on any atom is -0.384 e. The van der Waals surface area contributed by atoms with Crippen LogP contribution in [0.3, 0.4) is 0 Å². The minimum atomic E-state index is 0.0520. The van der Waals surface area contributed by atoms with Crippen molar-refractivity contribution in [1.82, 2.24) is 4.90 Å². The van der Waals surface area contributed by atoms with Gasteiger partial charge >= 0.3 is 0 Å². The number of anilines is 1. The van der Waals surface area contributed by atoms with Gasteiger partial charge in [0.1, 0.15) is 0 Å². The zero-order valence-corrected chi connectivity index (χ0v) is 22.3. The van der Waals surface area contributed by atoms with Crippen LogP contribution in [0, 0.1) is 0 Å². The van der Waals surface area contributed by atoms with E-state index in [1.54, 1.807) is 0 Å². The first-order valence-electron chi connectivity index (χ1n) is 12.4. The molecule has 0 unspecified atom stereocenters. The van der Waals surface area contributed by atoms with Gasteiger partial charge < -0.3 is 10.2 Å². The van der Waals surface area contributed by atoms with Crippen molar-refractivity contribution in [3.63, 3.8) is 0 Å². The van der Waals surface area contributed by atoms with E-state index >= 15 is 0 Å². The van der Waals surface area contributed by atoms with Crippen LogP contribution in [-0.2, 0) is 24.8 Å². The lowest BCUT2D eigenvalue weighted by Gasteiger charge is -2.26. The molecule has 1 heterocycles. The maximum atomic E-state index is 13.9. The van der Waals surface area contributed by atoms with E-state index in [1.165, 1.54) is 11.1 Å². The molecule has 184 valence electrons. The van der Waals surface area contributed by atoms with Crippen LogP contribution < -0.4 is 5.32 Å². The normalized spacial score (nSPS) is 13.5. The van der Waals surface area contributed by atoms with Gasteiger partial charge in [0.25, 0.3) is 5.91 Å². The van der Waals surface area contributed by atoms with E-state index in [0.29, 0.717) is 29.6 Å². The summed E-state index contributed by atoms with van der Waals surface area (Å²) in [5.41, 5.74) is 6.54. The van der Waals surface area contributed by atoms with Gasteiger partial charge in [0, 0.05) is 19.6 Å². The predicted octanol–water partition coefficient (Wildman–Crippen LogP) is 7.92. The van der Waals surface area contributed by atoms with E-state index in [4.69, 9.17) is 23.2 Å². The fraction of sp³-hybridized carbons (Fsp3) is 0.367. The number of benzene rings is 3. The summed E-state index contributed by atoms with van der Waals surface area (Å²) in [6.07, 6.45) is 3.95. The third-order valence-corrected chi connectivity index (χ3v) is 7.43. The molecule has 1 N–H and O–H groups in total. The molecule has 0 fully saturated rings. The molecular formula is C30H34Cl2N2O. The van der Waals surface area contributed by atoms with Gasteiger partial charge in [-0.05, 0) is 71.6 Å². The number of carbonyl (C=O) groups excluding carboxylic acids is 1. The number of aryl methyl sites for hydroxylation is 1. The van der Waals surface area contributed by atoms with Crippen molar-refractivity contribution in [3.8, 4) is 0 Å². The molecule has 35 heavy (non-hydrogen) atoms. The molecule has 0 saturated heterocycles. The number of fused-ring (bicyclic) bond motifs is 1. The molecule has 4 rings (SSSR count). The molecule has 1 aliphatic heterocycles. The largest absolute Gasteiger partial charge is 0.384 e. The third-order valence-electron chi connectivity index (χ3n) is 6.69. The Labute approximate surface area is 219 Å². The molecule has 3 nitrogen and oxygen atoms in total. The Morgan fingerprint density at radius 2 is 1.69 bits per heavy atom. The highest BCUT2D eigenvalue weighted by atomic mass is 35.5. The summed E-state index contributed by atoms with van der Waals surface area (Å²) in [5, 5.41) is 4.61. The molecule has 0 aliphatic carbocycles. The molecule has 1 amide bonds. The first-order chi connectivity index (χ1) is 16.7. The second-order valence-electron chi connectivity index (χ2n) is 10.4. The van der Waals surface area contributed by atoms with Gasteiger partial charge in [-0.15, -0.1) is 0 Å². The van der Waals surface area contributed by atoms with Crippen molar-refractivity contribution in [2.45, 2.75) is 58.4 Å². The second-order valence-corrected chi connectivity index (χ2v) is 11.2. The van der Waals surface area contributed by atoms with E-state index in [0.717, 1.165) is 48.2 Å². The highest BCUT2D eigenvalue weighted by Crippen LogP contribution is 2.28. The number of rotatable bonds is 6. The lowest BCUT2D eigenvalue weighted by molar-refractivity contribution is 0.0746. The highest BCUT2D eigenvalue weighted by molar-refractivity contribution is 6.42. The second kappa shape index (κ2) is 11.1. The van der Waals surface area contributed by atoms with Gasteiger partial charge in [-0.2, -0.15) is 0 Å². The van der Waals surface area contributed by atoms with Crippen LogP contribution >= 0.6 is 23.2 Å². The van der Waals surface area contributed by atoms with E-state index in [1.807, 2.05) is 35.2 Å². The molecule has 0 spiro atoms. The molecule has 3 aromatic carbocycles. The number of nitrogens with zero attached hydrogens (tertiary/aromatic N) is 1. The summed E-state index contributed by atoms with van der Waals surface area (Å²) in [4.78, 5) is 15.9. The number of carbonyl (C=O) groups is 1. The molecule has 5 heteroatoms. The molecule has 3 aromatic rings. The smallest absolute Gasteiger partial charge is 0.256 e. The topological polar surface area (TPSA) is 32.3 Å². The van der Waals surface area contributed by atoms with Gasteiger partial charge in [0.15, 0.2) is 0 Å². The standard InChI is InChI=1S/C30H34Cl2N2O/c1-30(2,3)24-13-10-22(11-14-24)20-34(18-16-21-12-15-26(31)27(32)19-21)29(35)25-9-6-8-23-7-4-5-17-33-28(23)25/h6,8-15,19,33H,4-5,7,16-18,20H2,1-3H3. The Morgan fingerprint density at radius 3 is 2.40 bits per heavy atom. The van der Waals surface area contributed by atoms with Crippen molar-refractivity contribution >= 4 is 34.8 Å². The van der Waals surface area contributed by atoms with Crippen molar-refractivity contribution in [1.29, 1.82) is 0 Å². The molecule has 0 atom stereocenters. The number of halogens is 2. The maximum Gasteiger partial charge on any atom is 0.256 e. The fourth-order valence-electron chi connectivity index (χ4n) is 4.56. The van der Waals surface area contributed by atoms with Crippen LogP contribution in [0.5, 0.6) is 0 Å². The van der Waals surface area contributed by atoms with Crippen LogP contribution in [0.2, 0.25) is 10.0 Å². The number of hydrogen-bond acceptors (Lipinski definition) is 2. The number of hydrogen-bond donors (Lipinski definition) is 1. The predicted molar refractivity (Wildman–Crippen MR) is 148 cm³/mol.